The summed E-state index contributed by atoms with van der Waals surface area (Å²) in [6, 6.07) is 7.98. The Morgan fingerprint density at radius 2 is 0.967 bits per heavy atom. The highest BCUT2D eigenvalue weighted by Crippen LogP contribution is 2.03. The summed E-state index contributed by atoms with van der Waals surface area (Å²) in [6.07, 6.45) is 3.49. The lowest BCUT2D eigenvalue weighted by molar-refractivity contribution is -0.906. The topological polar surface area (TPSA) is 43.2 Å². The minimum atomic E-state index is 0. The lowest BCUT2D eigenvalue weighted by atomic mass is 10.2. The molecule has 0 amide bonds. The first kappa shape index (κ1) is 31.7. The van der Waals surface area contributed by atoms with Gasteiger partial charge in [-0.3, -0.25) is 0 Å². The molecule has 0 saturated carbocycles. The van der Waals surface area contributed by atoms with Crippen LogP contribution in [0, 0.1) is 0 Å². The van der Waals surface area contributed by atoms with Crippen molar-refractivity contribution in [3.05, 3.63) is 35.4 Å². The Bertz CT molecular complexity index is 549. The molecule has 8 heteroatoms. The predicted octanol–water partition coefficient (Wildman–Crippen LogP) is -2.63. The summed E-state index contributed by atoms with van der Waals surface area (Å²) >= 11 is 0. The van der Waals surface area contributed by atoms with Crippen LogP contribution >= 0.6 is 0 Å². The maximum atomic E-state index is 5.41. The summed E-state index contributed by atoms with van der Waals surface area (Å²) in [5.74, 6) is 0. The van der Waals surface area contributed by atoms with Crippen LogP contribution in [-0.4, -0.2) is 88.0 Å². The number of likely N-dealkylation sites (N-methyl/N-ethyl adjacent to an activating group) is 2. The molecule has 0 aromatic heterocycles. The number of benzene rings is 1. The molecule has 6 nitrogen and oxygen atoms in total. The van der Waals surface area contributed by atoms with Crippen molar-refractivity contribution in [2.24, 2.45) is 10.3 Å². The van der Waals surface area contributed by atoms with E-state index in [2.05, 4.69) is 52.1 Å². The van der Waals surface area contributed by atoms with Crippen molar-refractivity contribution in [3.8, 4) is 0 Å². The van der Waals surface area contributed by atoms with Gasteiger partial charge in [-0.15, -0.1) is 0 Å². The molecule has 174 valence electrons. The third-order valence-electron chi connectivity index (χ3n) is 5.99. The van der Waals surface area contributed by atoms with E-state index in [4.69, 9.17) is 9.68 Å². The summed E-state index contributed by atoms with van der Waals surface area (Å²) in [5.41, 5.74) is 2.00. The maximum Gasteiger partial charge on any atom is 0.165 e. The number of halogens is 2. The lowest BCUT2D eigenvalue weighted by Gasteiger charge is -2.31. The third kappa shape index (κ3) is 12.4. The van der Waals surface area contributed by atoms with Crippen molar-refractivity contribution >= 4 is 12.4 Å². The summed E-state index contributed by atoms with van der Waals surface area (Å²) in [6.45, 7) is 16.4. The quantitative estimate of drug-likeness (QED) is 0.0731. The molecule has 0 aliphatic rings. The Kier molecular flexibility index (Phi) is 18.1. The molecule has 0 N–H and O–H groups in total. The molecule has 0 aliphatic heterocycles. The number of quaternary nitrogens is 2. The van der Waals surface area contributed by atoms with Crippen molar-refractivity contribution in [1.82, 2.24) is 0 Å². The van der Waals surface area contributed by atoms with E-state index in [1.165, 1.54) is 0 Å². The predicted molar refractivity (Wildman–Crippen MR) is 118 cm³/mol. The third-order valence-corrected chi connectivity index (χ3v) is 5.99. The molecule has 0 heterocycles. The van der Waals surface area contributed by atoms with Gasteiger partial charge in [0.25, 0.3) is 0 Å². The smallest absolute Gasteiger partial charge is 0.165 e. The van der Waals surface area contributed by atoms with Gasteiger partial charge >= 0.3 is 0 Å². The second kappa shape index (κ2) is 17.1. The normalized spacial score (nSPS) is 11.9. The van der Waals surface area contributed by atoms with E-state index in [1.54, 1.807) is 12.4 Å². The molecule has 0 fully saturated rings. The molecule has 0 unspecified atom stereocenters. The molecular formula is C22H40I2N4O2. The average molecular weight is 646 g/mol. The SMILES string of the molecule is CC[N+](C)(CC)CCO/N=C/c1ccc(/C=N/OCC[N+](C)(CC)CC)cc1.[I-].[I-]. The van der Waals surface area contributed by atoms with Gasteiger partial charge in [-0.2, -0.15) is 0 Å². The van der Waals surface area contributed by atoms with E-state index in [1.807, 2.05) is 24.3 Å². The van der Waals surface area contributed by atoms with Crippen molar-refractivity contribution < 1.29 is 66.6 Å². The van der Waals surface area contributed by atoms with Crippen LogP contribution in [0.2, 0.25) is 0 Å². The Hall–Kier alpha value is -0.460. The molecule has 0 radical (unpaired) electrons. The molecule has 1 aromatic rings. The highest BCUT2D eigenvalue weighted by atomic mass is 127. The molecule has 0 bridgehead atoms. The molecule has 0 aliphatic carbocycles. The second-order valence-corrected chi connectivity index (χ2v) is 7.75. The highest BCUT2D eigenvalue weighted by molar-refractivity contribution is 5.83. The van der Waals surface area contributed by atoms with E-state index < -0.39 is 0 Å². The van der Waals surface area contributed by atoms with E-state index in [-0.39, 0.29) is 48.0 Å². The Balaban J connectivity index is 0. The van der Waals surface area contributed by atoms with Gasteiger partial charge in [-0.1, -0.05) is 34.6 Å². The Morgan fingerprint density at radius 1 is 0.667 bits per heavy atom. The van der Waals surface area contributed by atoms with Crippen LogP contribution in [-0.2, 0) is 9.68 Å². The fourth-order valence-electron chi connectivity index (χ4n) is 2.57. The van der Waals surface area contributed by atoms with Crippen LogP contribution in [0.15, 0.2) is 34.6 Å². The van der Waals surface area contributed by atoms with Gasteiger partial charge < -0.3 is 66.6 Å². The van der Waals surface area contributed by atoms with E-state index in [9.17, 15) is 0 Å². The Labute approximate surface area is 217 Å². The molecule has 0 atom stereocenters. The molecule has 1 rings (SSSR count). The fourth-order valence-corrected chi connectivity index (χ4v) is 2.57. The first-order valence-corrected chi connectivity index (χ1v) is 10.5. The standard InChI is InChI=1S/C22H40N4O2.2HI/c1-7-25(5,8-2)15-17-27-23-19-21-11-13-22(14-12-21)20-24-28-18-16-26(6,9-3)10-4;;/h11-14,19-20H,7-10,15-18H2,1-6H3;2*1H/q+2;;/p-2/b23-19+,24-20+;;. The van der Waals surface area contributed by atoms with Crippen LogP contribution in [0.4, 0.5) is 0 Å². The molecule has 0 saturated heterocycles. The number of oxime groups is 2. The first-order valence-electron chi connectivity index (χ1n) is 10.5. The van der Waals surface area contributed by atoms with Crippen molar-refractivity contribution in [2.45, 2.75) is 27.7 Å². The molecular weight excluding hydrogens is 606 g/mol. The van der Waals surface area contributed by atoms with Gasteiger partial charge in [-0.05, 0) is 38.8 Å². The van der Waals surface area contributed by atoms with Gasteiger partial charge in [0.15, 0.2) is 13.2 Å². The number of rotatable bonds is 14. The van der Waals surface area contributed by atoms with Crippen LogP contribution in [0.1, 0.15) is 38.8 Å². The van der Waals surface area contributed by atoms with Crippen molar-refractivity contribution in [2.75, 3.05) is 66.6 Å². The van der Waals surface area contributed by atoms with Crippen LogP contribution in [0.3, 0.4) is 0 Å². The Morgan fingerprint density at radius 3 is 1.23 bits per heavy atom. The first-order chi connectivity index (χ1) is 13.4. The summed E-state index contributed by atoms with van der Waals surface area (Å²) in [5, 5.41) is 8.15. The zero-order valence-corrected chi connectivity index (χ0v) is 23.8. The van der Waals surface area contributed by atoms with E-state index in [0.29, 0.717) is 13.2 Å². The van der Waals surface area contributed by atoms with Crippen molar-refractivity contribution in [1.29, 1.82) is 0 Å². The maximum absolute atomic E-state index is 5.41. The zero-order valence-electron chi connectivity index (χ0n) is 19.5. The number of nitrogens with zero attached hydrogens (tertiary/aromatic N) is 4. The minimum Gasteiger partial charge on any atom is -1.00 e. The zero-order chi connectivity index (χ0) is 20.9. The summed E-state index contributed by atoms with van der Waals surface area (Å²) in [7, 11) is 4.48. The number of hydrogen-bond donors (Lipinski definition) is 0. The van der Waals surface area contributed by atoms with Gasteiger partial charge in [0, 0.05) is 0 Å². The average Bonchev–Trinajstić information content (AvgIpc) is 2.73. The largest absolute Gasteiger partial charge is 1.00 e. The van der Waals surface area contributed by atoms with E-state index in [0.717, 1.165) is 59.4 Å². The summed E-state index contributed by atoms with van der Waals surface area (Å²) in [4.78, 5) is 10.8. The molecule has 1 aromatic carbocycles. The number of hydrogen-bond acceptors (Lipinski definition) is 4. The van der Waals surface area contributed by atoms with Gasteiger partial charge in [0.05, 0.1) is 52.7 Å². The van der Waals surface area contributed by atoms with Crippen molar-refractivity contribution in [3.63, 3.8) is 0 Å². The van der Waals surface area contributed by atoms with Gasteiger partial charge in [0.2, 0.25) is 0 Å². The van der Waals surface area contributed by atoms with Crippen LogP contribution < -0.4 is 48.0 Å². The highest BCUT2D eigenvalue weighted by Gasteiger charge is 2.16. The van der Waals surface area contributed by atoms with E-state index >= 15 is 0 Å². The molecule has 0 spiro atoms. The van der Waals surface area contributed by atoms with Crippen LogP contribution in [0.25, 0.3) is 0 Å². The molecule has 30 heavy (non-hydrogen) atoms. The fraction of sp³-hybridized carbons (Fsp3) is 0.636. The lowest BCUT2D eigenvalue weighted by Crippen LogP contribution is -3.00. The van der Waals surface area contributed by atoms with Crippen LogP contribution in [0.5, 0.6) is 0 Å². The monoisotopic (exact) mass is 646 g/mol. The van der Waals surface area contributed by atoms with Gasteiger partial charge in [0.1, 0.15) is 13.1 Å². The summed E-state index contributed by atoms with van der Waals surface area (Å²) < 4.78 is 2.00. The minimum absolute atomic E-state index is 0. The second-order valence-electron chi connectivity index (χ2n) is 7.75. The van der Waals surface area contributed by atoms with Gasteiger partial charge in [-0.25, -0.2) is 0 Å².